The fourth-order valence-electron chi connectivity index (χ4n) is 3.74. The van der Waals surface area contributed by atoms with E-state index in [0.29, 0.717) is 27.2 Å². The molecule has 0 aromatic heterocycles. The van der Waals surface area contributed by atoms with E-state index in [4.69, 9.17) is 34.8 Å². The Hall–Kier alpha value is -2.78. The lowest BCUT2D eigenvalue weighted by molar-refractivity contribution is -0.139. The fourth-order valence-corrected chi connectivity index (χ4v) is 5.86. The van der Waals surface area contributed by atoms with Crippen molar-refractivity contribution >= 4 is 62.3 Å². The zero-order valence-corrected chi connectivity index (χ0v) is 24.2. The Morgan fingerprint density at radius 3 is 2.13 bits per heavy atom. The molecule has 3 aromatic rings. The summed E-state index contributed by atoms with van der Waals surface area (Å²) in [6.07, 6.45) is 0. The van der Waals surface area contributed by atoms with Gasteiger partial charge in [-0.1, -0.05) is 65.1 Å². The van der Waals surface area contributed by atoms with Crippen LogP contribution in [0.4, 0.5) is 5.69 Å². The van der Waals surface area contributed by atoms with Gasteiger partial charge in [0.05, 0.1) is 10.6 Å². The predicted molar refractivity (Wildman–Crippen MR) is 152 cm³/mol. The first-order valence-electron chi connectivity index (χ1n) is 11.8. The summed E-state index contributed by atoms with van der Waals surface area (Å²) in [6, 6.07) is 16.5. The van der Waals surface area contributed by atoms with E-state index in [0.717, 1.165) is 9.87 Å². The molecule has 38 heavy (non-hydrogen) atoms. The van der Waals surface area contributed by atoms with Gasteiger partial charge in [-0.25, -0.2) is 8.42 Å². The van der Waals surface area contributed by atoms with Crippen molar-refractivity contribution in [2.45, 2.75) is 38.3 Å². The number of likely N-dealkylation sites (N-methyl/N-ethyl adjacent to an activating group) is 1. The Balaban J connectivity index is 2.08. The lowest BCUT2D eigenvalue weighted by atomic mass is 10.1. The number of amides is 2. The maximum Gasteiger partial charge on any atom is 0.264 e. The molecule has 0 radical (unpaired) electrons. The van der Waals surface area contributed by atoms with Crippen molar-refractivity contribution in [3.8, 4) is 0 Å². The zero-order valence-electron chi connectivity index (χ0n) is 21.1. The van der Waals surface area contributed by atoms with Crippen LogP contribution in [0, 0.1) is 6.92 Å². The van der Waals surface area contributed by atoms with E-state index in [1.807, 2.05) is 0 Å². The van der Waals surface area contributed by atoms with Crippen LogP contribution in [0.5, 0.6) is 0 Å². The Morgan fingerprint density at radius 1 is 0.921 bits per heavy atom. The van der Waals surface area contributed by atoms with Crippen LogP contribution in [0.25, 0.3) is 0 Å². The second-order valence-electron chi connectivity index (χ2n) is 8.55. The molecule has 2 amide bonds. The molecule has 0 fully saturated rings. The van der Waals surface area contributed by atoms with E-state index in [9.17, 15) is 18.0 Å². The molecule has 0 aliphatic carbocycles. The fraction of sp³-hybridized carbons (Fsp3) is 0.259. The smallest absolute Gasteiger partial charge is 0.264 e. The number of carbonyl (C=O) groups is 2. The minimum atomic E-state index is -4.18. The molecule has 0 saturated carbocycles. The molecular formula is C27H28Cl3N3O4S. The van der Waals surface area contributed by atoms with Crippen LogP contribution in [-0.2, 0) is 26.2 Å². The second-order valence-corrected chi connectivity index (χ2v) is 11.6. The average Bonchev–Trinajstić information content (AvgIpc) is 2.89. The molecule has 7 nitrogen and oxygen atoms in total. The Kier molecular flexibility index (Phi) is 10.1. The first-order chi connectivity index (χ1) is 18.0. The number of hydrogen-bond donors (Lipinski definition) is 1. The highest BCUT2D eigenvalue weighted by molar-refractivity contribution is 7.92. The van der Waals surface area contributed by atoms with E-state index in [2.05, 4.69) is 5.32 Å². The van der Waals surface area contributed by atoms with Crippen molar-refractivity contribution in [2.24, 2.45) is 0 Å². The highest BCUT2D eigenvalue weighted by Crippen LogP contribution is 2.30. The quantitative estimate of drug-likeness (QED) is 0.325. The van der Waals surface area contributed by atoms with Crippen LogP contribution in [0.15, 0.2) is 71.6 Å². The number of sulfonamides is 1. The summed E-state index contributed by atoms with van der Waals surface area (Å²) < 4.78 is 28.5. The number of nitrogens with one attached hydrogen (secondary N) is 1. The molecule has 1 N–H and O–H groups in total. The Morgan fingerprint density at radius 2 is 1.55 bits per heavy atom. The number of anilines is 1. The summed E-state index contributed by atoms with van der Waals surface area (Å²) >= 11 is 19.1. The van der Waals surface area contributed by atoms with E-state index in [1.54, 1.807) is 69.3 Å². The minimum absolute atomic E-state index is 0.00182. The molecule has 0 heterocycles. The summed E-state index contributed by atoms with van der Waals surface area (Å²) in [5, 5.41) is 3.68. The van der Waals surface area contributed by atoms with Gasteiger partial charge >= 0.3 is 0 Å². The van der Waals surface area contributed by atoms with Gasteiger partial charge in [0, 0.05) is 33.7 Å². The van der Waals surface area contributed by atoms with Crippen LogP contribution in [0.2, 0.25) is 15.1 Å². The van der Waals surface area contributed by atoms with Crippen LogP contribution >= 0.6 is 34.8 Å². The number of rotatable bonds is 10. The highest BCUT2D eigenvalue weighted by Gasteiger charge is 2.33. The predicted octanol–water partition coefficient (Wildman–Crippen LogP) is 5.70. The van der Waals surface area contributed by atoms with E-state index >= 15 is 0 Å². The van der Waals surface area contributed by atoms with E-state index in [1.165, 1.54) is 23.1 Å². The van der Waals surface area contributed by atoms with Crippen LogP contribution in [0.1, 0.15) is 25.0 Å². The van der Waals surface area contributed by atoms with Gasteiger partial charge < -0.3 is 10.2 Å². The number of aryl methyl sites for hydroxylation is 1. The number of carbonyl (C=O) groups excluding carboxylic acids is 2. The monoisotopic (exact) mass is 595 g/mol. The molecule has 11 heteroatoms. The van der Waals surface area contributed by atoms with Crippen molar-refractivity contribution in [3.05, 3.63) is 92.9 Å². The minimum Gasteiger partial charge on any atom is -0.355 e. The maximum atomic E-state index is 13.9. The SMILES string of the molecule is CCNC(=O)[C@@H](C)N(Cc1c(Cl)cccc1Cl)C(=O)CN(c1ccc(C)c(Cl)c1)S(=O)(=O)c1ccccc1. The first kappa shape index (κ1) is 29.8. The molecule has 3 rings (SSSR count). The Labute approximate surface area is 238 Å². The summed E-state index contributed by atoms with van der Waals surface area (Å²) in [4.78, 5) is 27.9. The van der Waals surface area contributed by atoms with Crippen LogP contribution in [0.3, 0.4) is 0 Å². The van der Waals surface area contributed by atoms with E-state index in [-0.39, 0.29) is 17.1 Å². The van der Waals surface area contributed by atoms with Gasteiger partial charge in [-0.05, 0) is 62.7 Å². The van der Waals surface area contributed by atoms with Gasteiger partial charge in [-0.2, -0.15) is 0 Å². The number of hydrogen-bond acceptors (Lipinski definition) is 4. The average molecular weight is 597 g/mol. The van der Waals surface area contributed by atoms with Gasteiger partial charge in [-0.3, -0.25) is 13.9 Å². The molecule has 0 aliphatic heterocycles. The summed E-state index contributed by atoms with van der Waals surface area (Å²) in [5.41, 5.74) is 1.40. The zero-order chi connectivity index (χ0) is 28.0. The topological polar surface area (TPSA) is 86.8 Å². The summed E-state index contributed by atoms with van der Waals surface area (Å²) in [6.45, 7) is 4.76. The third-order valence-electron chi connectivity index (χ3n) is 5.96. The lowest BCUT2D eigenvalue weighted by Crippen LogP contribution is -2.51. The Bertz CT molecular complexity index is 1400. The van der Waals surface area contributed by atoms with Gasteiger partial charge in [0.15, 0.2) is 0 Å². The third-order valence-corrected chi connectivity index (χ3v) is 8.87. The summed E-state index contributed by atoms with van der Waals surface area (Å²) in [5.74, 6) is -1.03. The van der Waals surface area contributed by atoms with Gasteiger partial charge in [0.1, 0.15) is 12.6 Å². The van der Waals surface area contributed by atoms with E-state index < -0.39 is 34.4 Å². The third kappa shape index (κ3) is 6.80. The molecule has 202 valence electrons. The van der Waals surface area contributed by atoms with Crippen LogP contribution < -0.4 is 9.62 Å². The molecule has 0 spiro atoms. The second kappa shape index (κ2) is 12.8. The lowest BCUT2D eigenvalue weighted by Gasteiger charge is -2.32. The molecule has 0 unspecified atom stereocenters. The molecule has 3 aromatic carbocycles. The molecule has 0 bridgehead atoms. The number of nitrogens with zero attached hydrogens (tertiary/aromatic N) is 2. The normalized spacial score (nSPS) is 12.1. The molecule has 0 saturated heterocycles. The van der Waals surface area contributed by atoms with Crippen LogP contribution in [-0.4, -0.2) is 44.3 Å². The summed E-state index contributed by atoms with van der Waals surface area (Å²) in [7, 11) is -4.18. The highest BCUT2D eigenvalue weighted by atomic mass is 35.5. The molecular weight excluding hydrogens is 569 g/mol. The van der Waals surface area contributed by atoms with Gasteiger partial charge in [0.25, 0.3) is 10.0 Å². The largest absolute Gasteiger partial charge is 0.355 e. The van der Waals surface area contributed by atoms with Crippen molar-refractivity contribution in [1.29, 1.82) is 0 Å². The van der Waals surface area contributed by atoms with Crippen molar-refractivity contribution in [1.82, 2.24) is 10.2 Å². The number of benzene rings is 3. The van der Waals surface area contributed by atoms with Gasteiger partial charge in [-0.15, -0.1) is 0 Å². The van der Waals surface area contributed by atoms with Crippen molar-refractivity contribution in [2.75, 3.05) is 17.4 Å². The number of halogens is 3. The molecule has 0 aliphatic rings. The molecule has 1 atom stereocenters. The van der Waals surface area contributed by atoms with Crippen molar-refractivity contribution in [3.63, 3.8) is 0 Å². The first-order valence-corrected chi connectivity index (χ1v) is 14.4. The van der Waals surface area contributed by atoms with Gasteiger partial charge in [0.2, 0.25) is 11.8 Å². The van der Waals surface area contributed by atoms with Crippen molar-refractivity contribution < 1.29 is 18.0 Å². The maximum absolute atomic E-state index is 13.9. The standard InChI is InChI=1S/C27H28Cl3N3O4S/c1-4-31-27(35)19(3)32(16-22-23(28)11-8-12-24(22)29)26(34)17-33(20-14-13-18(2)25(30)15-20)38(36,37)21-9-6-5-7-10-21/h5-15,19H,4,16-17H2,1-3H3,(H,31,35)/t19-/m1/s1.